The molecule has 0 fully saturated rings. The van der Waals surface area contributed by atoms with Crippen LogP contribution in [0.2, 0.25) is 0 Å². The van der Waals surface area contributed by atoms with Crippen molar-refractivity contribution in [1.29, 1.82) is 0 Å². The number of rotatable bonds is 5. The second-order valence-electron chi connectivity index (χ2n) is 2.82. The third-order valence-electron chi connectivity index (χ3n) is 1.40. The quantitative estimate of drug-likeness (QED) is 0.293. The van der Waals surface area contributed by atoms with E-state index in [1.165, 1.54) is 0 Å². The predicted molar refractivity (Wildman–Crippen MR) is 73.1 cm³/mol. The molecule has 0 heterocycles. The molecular weight excluding hydrogens is 252 g/mol. The molecule has 98 valence electrons. The van der Waals surface area contributed by atoms with E-state index < -0.39 is 5.97 Å². The van der Waals surface area contributed by atoms with Gasteiger partial charge >= 0.3 is 5.97 Å². The number of carbonyl (C=O) groups excluding carboxylic acids is 1. The molecular formula is C13H16O4S. The maximum absolute atomic E-state index is 10.1. The van der Waals surface area contributed by atoms with Crippen LogP contribution in [-0.2, 0) is 14.6 Å². The van der Waals surface area contributed by atoms with Crippen molar-refractivity contribution < 1.29 is 19.3 Å². The summed E-state index contributed by atoms with van der Waals surface area (Å²) in [7, 11) is 0. The fourth-order valence-electron chi connectivity index (χ4n) is 0.776. The molecule has 18 heavy (non-hydrogen) atoms. The molecule has 4 nitrogen and oxygen atoms in total. The molecule has 0 aliphatic rings. The third-order valence-corrected chi connectivity index (χ3v) is 1.50. The molecule has 0 spiro atoms. The first-order valence-electron chi connectivity index (χ1n) is 5.16. The van der Waals surface area contributed by atoms with Gasteiger partial charge in [-0.1, -0.05) is 24.8 Å². The smallest absolute Gasteiger partial charge is 0.365 e. The molecule has 0 aliphatic carbocycles. The summed E-state index contributed by atoms with van der Waals surface area (Å²) in [5.74, 6) is 0.203. The van der Waals surface area contributed by atoms with Crippen LogP contribution in [0.15, 0.2) is 54.7 Å². The molecule has 0 N–H and O–H groups in total. The summed E-state index contributed by atoms with van der Waals surface area (Å²) >= 11 is 3.89. The Morgan fingerprint density at radius 3 is 2.44 bits per heavy atom. The van der Waals surface area contributed by atoms with Crippen LogP contribution in [-0.4, -0.2) is 12.6 Å². The number of ether oxygens (including phenoxy) is 1. The first kappa shape index (κ1) is 16.3. The van der Waals surface area contributed by atoms with Crippen molar-refractivity contribution in [1.82, 2.24) is 0 Å². The highest BCUT2D eigenvalue weighted by atomic mass is 32.1. The van der Waals surface area contributed by atoms with Gasteiger partial charge in [-0.15, -0.1) is 12.6 Å². The minimum atomic E-state index is -0.563. The zero-order valence-electron chi connectivity index (χ0n) is 10.2. The number of thiol groups is 1. The molecule has 1 aromatic carbocycles. The topological polar surface area (TPSA) is 44.8 Å². The van der Waals surface area contributed by atoms with E-state index in [-0.39, 0.29) is 0 Å². The number of hydrogen-bond donors (Lipinski definition) is 1. The molecule has 0 atom stereocenters. The fourth-order valence-corrected chi connectivity index (χ4v) is 0.881. The molecule has 0 saturated carbocycles. The van der Waals surface area contributed by atoms with Crippen LogP contribution in [0.1, 0.15) is 6.92 Å². The van der Waals surface area contributed by atoms with E-state index in [2.05, 4.69) is 35.6 Å². The summed E-state index contributed by atoms with van der Waals surface area (Å²) < 4.78 is 5.08. The van der Waals surface area contributed by atoms with Gasteiger partial charge in [-0.3, -0.25) is 4.89 Å². The van der Waals surface area contributed by atoms with Crippen molar-refractivity contribution in [3.05, 3.63) is 54.7 Å². The van der Waals surface area contributed by atoms with Crippen LogP contribution in [0, 0.1) is 0 Å². The minimum Gasteiger partial charge on any atom is -0.451 e. The monoisotopic (exact) mass is 268 g/mol. The maximum atomic E-state index is 10.1. The second-order valence-corrected chi connectivity index (χ2v) is 3.32. The average molecular weight is 268 g/mol. The Hall–Kier alpha value is -1.72. The summed E-state index contributed by atoms with van der Waals surface area (Å²) in [6.07, 6.45) is 1.04. The largest absolute Gasteiger partial charge is 0.451 e. The summed E-state index contributed by atoms with van der Waals surface area (Å²) in [6.45, 7) is 8.73. The Morgan fingerprint density at radius 2 is 2.00 bits per heavy atom. The van der Waals surface area contributed by atoms with Crippen LogP contribution in [0.25, 0.3) is 0 Å². The number of para-hydroxylation sites is 1. The van der Waals surface area contributed by atoms with Gasteiger partial charge in [0.05, 0.1) is 6.61 Å². The first-order valence-corrected chi connectivity index (χ1v) is 5.61. The lowest BCUT2D eigenvalue weighted by Gasteiger charge is -2.00. The molecule has 1 aromatic rings. The van der Waals surface area contributed by atoms with Crippen molar-refractivity contribution in [3.8, 4) is 5.75 Å². The van der Waals surface area contributed by atoms with Crippen LogP contribution in [0.4, 0.5) is 0 Å². The highest BCUT2D eigenvalue weighted by molar-refractivity contribution is 7.84. The molecule has 1 rings (SSSR count). The van der Waals surface area contributed by atoms with E-state index in [0.717, 1.165) is 11.8 Å². The van der Waals surface area contributed by atoms with Gasteiger partial charge in [0.15, 0.2) is 5.09 Å². The van der Waals surface area contributed by atoms with Gasteiger partial charge in [-0.2, -0.15) is 4.89 Å². The van der Waals surface area contributed by atoms with Crippen molar-refractivity contribution in [2.24, 2.45) is 0 Å². The van der Waals surface area contributed by atoms with Crippen LogP contribution >= 0.6 is 12.6 Å². The fraction of sp³-hybridized carbons (Fsp3) is 0.154. The van der Waals surface area contributed by atoms with E-state index in [4.69, 9.17) is 4.74 Å². The summed E-state index contributed by atoms with van der Waals surface area (Å²) in [5, 5.41) is 0.409. The normalized spacial score (nSPS) is 8.56. The van der Waals surface area contributed by atoms with E-state index in [1.807, 2.05) is 30.3 Å². The predicted octanol–water partition coefficient (Wildman–Crippen LogP) is 3.13. The van der Waals surface area contributed by atoms with Crippen molar-refractivity contribution in [3.63, 3.8) is 0 Å². The SMILES string of the molecule is C=C(S)Oc1ccccc1.C=CC(=O)OOCC. The zero-order chi connectivity index (χ0) is 13.8. The minimum absolute atomic E-state index is 0.361. The molecule has 0 aromatic heterocycles. The van der Waals surface area contributed by atoms with Gasteiger partial charge in [-0.25, -0.2) is 4.79 Å². The maximum Gasteiger partial charge on any atom is 0.365 e. The van der Waals surface area contributed by atoms with Gasteiger partial charge in [0.1, 0.15) is 5.75 Å². The Kier molecular flexibility index (Phi) is 9.44. The molecule has 0 saturated heterocycles. The lowest BCUT2D eigenvalue weighted by molar-refractivity contribution is -0.264. The van der Waals surface area contributed by atoms with E-state index in [1.54, 1.807) is 6.92 Å². The van der Waals surface area contributed by atoms with Gasteiger partial charge in [-0.05, 0) is 25.6 Å². The van der Waals surface area contributed by atoms with Gasteiger partial charge < -0.3 is 4.74 Å². The van der Waals surface area contributed by atoms with Crippen molar-refractivity contribution in [2.75, 3.05) is 6.61 Å². The molecule has 0 aliphatic heterocycles. The molecule has 5 heteroatoms. The lowest BCUT2D eigenvalue weighted by atomic mass is 10.3. The van der Waals surface area contributed by atoms with Gasteiger partial charge in [0.25, 0.3) is 0 Å². The number of hydrogen-bond acceptors (Lipinski definition) is 5. The zero-order valence-corrected chi connectivity index (χ0v) is 11.1. The average Bonchev–Trinajstić information content (AvgIpc) is 2.37. The molecule has 0 amide bonds. The number of carbonyl (C=O) groups is 1. The van der Waals surface area contributed by atoms with Gasteiger partial charge in [0.2, 0.25) is 0 Å². The summed E-state index contributed by atoms with van der Waals surface area (Å²) in [6, 6.07) is 9.41. The Balaban J connectivity index is 0.000000331. The van der Waals surface area contributed by atoms with E-state index in [0.29, 0.717) is 11.7 Å². The first-order chi connectivity index (χ1) is 8.60. The van der Waals surface area contributed by atoms with Crippen LogP contribution in [0.5, 0.6) is 5.75 Å². The second kappa shape index (κ2) is 10.4. The highest BCUT2D eigenvalue weighted by Gasteiger charge is 1.91. The van der Waals surface area contributed by atoms with Crippen molar-refractivity contribution >= 4 is 18.6 Å². The third kappa shape index (κ3) is 9.50. The van der Waals surface area contributed by atoms with Crippen LogP contribution < -0.4 is 4.74 Å². The highest BCUT2D eigenvalue weighted by Crippen LogP contribution is 2.12. The van der Waals surface area contributed by atoms with Crippen LogP contribution in [0.3, 0.4) is 0 Å². The molecule has 0 bridgehead atoms. The Labute approximate surface area is 112 Å². The summed E-state index contributed by atoms with van der Waals surface area (Å²) in [5.41, 5.74) is 0. The lowest BCUT2D eigenvalue weighted by Crippen LogP contribution is -2.00. The molecule has 0 unspecified atom stereocenters. The molecule has 0 radical (unpaired) electrons. The summed E-state index contributed by atoms with van der Waals surface area (Å²) in [4.78, 5) is 18.5. The Bertz CT molecular complexity index is 376. The van der Waals surface area contributed by atoms with Gasteiger partial charge in [0, 0.05) is 6.08 Å². The number of benzene rings is 1. The van der Waals surface area contributed by atoms with E-state index in [9.17, 15) is 4.79 Å². The van der Waals surface area contributed by atoms with Crippen molar-refractivity contribution in [2.45, 2.75) is 6.92 Å². The standard InChI is InChI=1S/C8H8OS.C5H8O3/c1-7(10)9-8-5-3-2-4-6-8;1-3-5(6)8-7-4-2/h2-6,10H,1H2;3H,1,4H2,2H3. The van der Waals surface area contributed by atoms with E-state index >= 15 is 0 Å². The Morgan fingerprint density at radius 1 is 1.39 bits per heavy atom.